The Morgan fingerprint density at radius 3 is 2.71 bits per heavy atom. The molecule has 2 aromatic heterocycles. The van der Waals surface area contributed by atoms with Crippen molar-refractivity contribution in [1.82, 2.24) is 4.57 Å². The van der Waals surface area contributed by atoms with Gasteiger partial charge in [0.15, 0.2) is 4.80 Å². The highest BCUT2D eigenvalue weighted by atomic mass is 35.5. The number of para-hydroxylation sites is 1. The van der Waals surface area contributed by atoms with Crippen molar-refractivity contribution in [2.45, 2.75) is 39.8 Å². The standard InChI is InChI=1S/C30H26ClN3O7S/c1-5-39-29(36)26-17(4)32-30-33(27(26)21-8-6-7-9-23(21)40-16(2)3)28(35)25(42-30)15-19-11-13-24(41-19)20-12-10-18(31)14-22(20)34(37)38/h6-16,27H,5H2,1-4H3/b25-15-/t27-/m0/s1. The van der Waals surface area contributed by atoms with Crippen LogP contribution < -0.4 is 19.6 Å². The third-order valence-electron chi connectivity index (χ3n) is 6.42. The van der Waals surface area contributed by atoms with E-state index in [9.17, 15) is 19.7 Å². The van der Waals surface area contributed by atoms with Crippen molar-refractivity contribution in [2.75, 3.05) is 6.61 Å². The van der Waals surface area contributed by atoms with E-state index >= 15 is 0 Å². The number of nitro groups is 1. The largest absolute Gasteiger partial charge is 0.491 e. The molecule has 0 saturated carbocycles. The lowest BCUT2D eigenvalue weighted by Crippen LogP contribution is -2.40. The summed E-state index contributed by atoms with van der Waals surface area (Å²) >= 11 is 7.09. The fourth-order valence-corrected chi connectivity index (χ4v) is 5.92. The molecule has 0 amide bonds. The molecule has 10 nitrogen and oxygen atoms in total. The molecule has 1 aliphatic heterocycles. The number of nitro benzene ring substituents is 1. The number of allylic oxidation sites excluding steroid dienone is 1. The van der Waals surface area contributed by atoms with Gasteiger partial charge in [-0.1, -0.05) is 41.1 Å². The molecule has 0 fully saturated rings. The monoisotopic (exact) mass is 607 g/mol. The maximum absolute atomic E-state index is 13.9. The maximum atomic E-state index is 13.9. The molecule has 12 heteroatoms. The minimum absolute atomic E-state index is 0.150. The Labute approximate surface area is 248 Å². The average molecular weight is 608 g/mol. The molecule has 0 radical (unpaired) electrons. The maximum Gasteiger partial charge on any atom is 0.338 e. The van der Waals surface area contributed by atoms with Crippen LogP contribution in [-0.4, -0.2) is 28.2 Å². The first-order chi connectivity index (χ1) is 20.1. The van der Waals surface area contributed by atoms with E-state index in [1.165, 1.54) is 22.8 Å². The molecule has 1 aliphatic rings. The van der Waals surface area contributed by atoms with Crippen LogP contribution in [-0.2, 0) is 9.53 Å². The normalized spacial score (nSPS) is 15.0. The van der Waals surface area contributed by atoms with Crippen LogP contribution in [0.2, 0.25) is 5.02 Å². The van der Waals surface area contributed by atoms with Crippen molar-refractivity contribution in [3.05, 3.63) is 112 Å². The first kappa shape index (κ1) is 29.0. The van der Waals surface area contributed by atoms with E-state index in [0.29, 0.717) is 32.1 Å². The molecule has 0 unspecified atom stereocenters. The molecule has 5 rings (SSSR count). The molecular formula is C30H26ClN3O7S. The summed E-state index contributed by atoms with van der Waals surface area (Å²) in [7, 11) is 0. The van der Waals surface area contributed by atoms with Crippen LogP contribution in [0.15, 0.2) is 80.1 Å². The fraction of sp³-hybridized carbons (Fsp3) is 0.233. The van der Waals surface area contributed by atoms with Crippen molar-refractivity contribution in [1.29, 1.82) is 0 Å². The second-order valence-corrected chi connectivity index (χ2v) is 11.1. The van der Waals surface area contributed by atoms with E-state index in [1.54, 1.807) is 38.1 Å². The highest BCUT2D eigenvalue weighted by molar-refractivity contribution is 7.07. The van der Waals surface area contributed by atoms with Crippen LogP contribution in [0, 0.1) is 10.1 Å². The van der Waals surface area contributed by atoms with Crippen molar-refractivity contribution in [3.8, 4) is 17.1 Å². The Morgan fingerprint density at radius 2 is 2.00 bits per heavy atom. The SMILES string of the molecule is CCOC(=O)C1=C(C)N=c2s/c(=C\c3ccc(-c4ccc(Cl)cc4[N+](=O)[O-])o3)c(=O)n2[C@H]1c1ccccc1OC(C)C. The molecule has 0 bridgehead atoms. The zero-order valence-electron chi connectivity index (χ0n) is 23.1. The topological polar surface area (TPSA) is 126 Å². The number of rotatable bonds is 8. The van der Waals surface area contributed by atoms with Gasteiger partial charge in [0.05, 0.1) is 39.0 Å². The van der Waals surface area contributed by atoms with Crippen molar-refractivity contribution >= 4 is 40.7 Å². The average Bonchev–Trinajstić information content (AvgIpc) is 3.52. The molecule has 2 aromatic carbocycles. The zero-order chi connectivity index (χ0) is 30.1. The van der Waals surface area contributed by atoms with Crippen molar-refractivity contribution in [3.63, 3.8) is 0 Å². The van der Waals surface area contributed by atoms with Gasteiger partial charge in [-0.3, -0.25) is 19.5 Å². The van der Waals surface area contributed by atoms with Gasteiger partial charge in [0.1, 0.15) is 23.3 Å². The van der Waals surface area contributed by atoms with E-state index < -0.39 is 22.5 Å². The summed E-state index contributed by atoms with van der Waals surface area (Å²) in [5, 5.41) is 11.8. The summed E-state index contributed by atoms with van der Waals surface area (Å²) in [5.41, 5.74) is 0.945. The Bertz CT molecular complexity index is 1920. The van der Waals surface area contributed by atoms with Crippen LogP contribution in [0.4, 0.5) is 5.69 Å². The highest BCUT2D eigenvalue weighted by Gasteiger charge is 2.35. The number of benzene rings is 2. The summed E-state index contributed by atoms with van der Waals surface area (Å²) in [6.07, 6.45) is 1.40. The number of carbonyl (C=O) groups is 1. The molecular weight excluding hydrogens is 582 g/mol. The van der Waals surface area contributed by atoms with Crippen LogP contribution >= 0.6 is 22.9 Å². The van der Waals surface area contributed by atoms with Crippen molar-refractivity contribution in [2.24, 2.45) is 4.99 Å². The van der Waals surface area contributed by atoms with E-state index in [4.69, 9.17) is 25.5 Å². The first-order valence-corrected chi connectivity index (χ1v) is 14.3. The van der Waals surface area contributed by atoms with Crippen LogP contribution in [0.25, 0.3) is 17.4 Å². The zero-order valence-corrected chi connectivity index (χ0v) is 24.7. The molecule has 0 spiro atoms. The summed E-state index contributed by atoms with van der Waals surface area (Å²) in [5.74, 6) is 0.512. The van der Waals surface area contributed by atoms with Crippen LogP contribution in [0.1, 0.15) is 45.1 Å². The smallest absolute Gasteiger partial charge is 0.338 e. The summed E-state index contributed by atoms with van der Waals surface area (Å²) in [6, 6.07) is 13.9. The number of carbonyl (C=O) groups excluding carboxylic acids is 1. The lowest BCUT2D eigenvalue weighted by Gasteiger charge is -2.26. The number of fused-ring (bicyclic) bond motifs is 1. The third-order valence-corrected chi connectivity index (χ3v) is 7.63. The number of ether oxygens (including phenoxy) is 2. The Kier molecular flexibility index (Phi) is 8.15. The molecule has 0 N–H and O–H groups in total. The number of thiazole rings is 1. The van der Waals surface area contributed by atoms with E-state index in [1.807, 2.05) is 32.0 Å². The third kappa shape index (κ3) is 5.53. The van der Waals surface area contributed by atoms with Gasteiger partial charge in [-0.15, -0.1) is 0 Å². The van der Waals surface area contributed by atoms with Gasteiger partial charge in [-0.05, 0) is 58.0 Å². The first-order valence-electron chi connectivity index (χ1n) is 13.1. The lowest BCUT2D eigenvalue weighted by atomic mass is 9.95. The highest BCUT2D eigenvalue weighted by Crippen LogP contribution is 2.36. The minimum Gasteiger partial charge on any atom is -0.491 e. The Morgan fingerprint density at radius 1 is 1.24 bits per heavy atom. The van der Waals surface area contributed by atoms with E-state index in [0.717, 1.165) is 11.3 Å². The molecule has 0 aliphatic carbocycles. The number of aromatic nitrogens is 1. The van der Waals surface area contributed by atoms with Gasteiger partial charge >= 0.3 is 5.97 Å². The van der Waals surface area contributed by atoms with Crippen molar-refractivity contribution < 1.29 is 23.6 Å². The van der Waals surface area contributed by atoms with Gasteiger partial charge < -0.3 is 13.9 Å². The predicted molar refractivity (Wildman–Crippen MR) is 158 cm³/mol. The number of nitrogens with zero attached hydrogens (tertiary/aromatic N) is 3. The number of hydrogen-bond donors (Lipinski definition) is 0. The summed E-state index contributed by atoms with van der Waals surface area (Å²) in [4.78, 5) is 43.2. The van der Waals surface area contributed by atoms with Gasteiger partial charge in [0, 0.05) is 22.7 Å². The van der Waals surface area contributed by atoms with Crippen LogP contribution in [0.3, 0.4) is 0 Å². The Hall–Kier alpha value is -4.48. The molecule has 216 valence electrons. The molecule has 3 heterocycles. The Balaban J connectivity index is 1.66. The fourth-order valence-electron chi connectivity index (χ4n) is 4.72. The molecule has 42 heavy (non-hydrogen) atoms. The van der Waals surface area contributed by atoms with E-state index in [-0.39, 0.29) is 40.3 Å². The predicted octanol–water partition coefficient (Wildman–Crippen LogP) is 5.41. The second-order valence-electron chi connectivity index (χ2n) is 9.63. The van der Waals surface area contributed by atoms with Crippen LogP contribution in [0.5, 0.6) is 5.75 Å². The number of hydrogen-bond acceptors (Lipinski definition) is 9. The second kappa shape index (κ2) is 11.8. The summed E-state index contributed by atoms with van der Waals surface area (Å²) in [6.45, 7) is 7.37. The summed E-state index contributed by atoms with van der Waals surface area (Å²) < 4.78 is 19.1. The van der Waals surface area contributed by atoms with Gasteiger partial charge in [-0.2, -0.15) is 0 Å². The van der Waals surface area contributed by atoms with Gasteiger partial charge in [-0.25, -0.2) is 9.79 Å². The lowest BCUT2D eigenvalue weighted by molar-refractivity contribution is -0.384. The number of furan rings is 1. The minimum atomic E-state index is -0.846. The van der Waals surface area contributed by atoms with E-state index in [2.05, 4.69) is 4.99 Å². The quantitative estimate of drug-likeness (QED) is 0.149. The molecule has 4 aromatic rings. The molecule has 1 atom stereocenters. The van der Waals surface area contributed by atoms with Gasteiger partial charge in [0.2, 0.25) is 0 Å². The number of halogens is 1. The number of esters is 1. The van der Waals surface area contributed by atoms with Gasteiger partial charge in [0.25, 0.3) is 11.2 Å². The molecule has 0 saturated heterocycles.